The average Bonchev–Trinajstić information content (AvgIpc) is 2.91. The first-order chi connectivity index (χ1) is 9.24. The Morgan fingerprint density at radius 2 is 2.26 bits per heavy atom. The van der Waals surface area contributed by atoms with Gasteiger partial charge in [0.1, 0.15) is 5.75 Å². The van der Waals surface area contributed by atoms with Gasteiger partial charge in [-0.1, -0.05) is 0 Å². The van der Waals surface area contributed by atoms with Crippen LogP contribution < -0.4 is 15.4 Å². The number of amides is 1. The van der Waals surface area contributed by atoms with Gasteiger partial charge in [0.05, 0.1) is 5.69 Å². The zero-order chi connectivity index (χ0) is 13.2. The van der Waals surface area contributed by atoms with Gasteiger partial charge in [0.15, 0.2) is 6.61 Å². The molecule has 0 spiro atoms. The molecular formula is C14H14N2O2S. The van der Waals surface area contributed by atoms with Crippen LogP contribution in [0.15, 0.2) is 35.0 Å². The van der Waals surface area contributed by atoms with Crippen molar-refractivity contribution in [3.8, 4) is 5.75 Å². The Balaban J connectivity index is 1.82. The summed E-state index contributed by atoms with van der Waals surface area (Å²) in [5.74, 6) is 0.678. The first kappa shape index (κ1) is 12.0. The molecule has 0 saturated carbocycles. The minimum Gasteiger partial charge on any atom is -0.481 e. The maximum absolute atomic E-state index is 12.0. The molecule has 0 radical (unpaired) electrons. The van der Waals surface area contributed by atoms with E-state index in [-0.39, 0.29) is 12.5 Å². The fraction of sp³-hybridized carbons (Fsp3) is 0.214. The summed E-state index contributed by atoms with van der Waals surface area (Å²) in [4.78, 5) is 13.7. The van der Waals surface area contributed by atoms with Crippen LogP contribution in [0.5, 0.6) is 5.75 Å². The second-order valence-corrected chi connectivity index (χ2v) is 5.22. The number of nitrogens with two attached hydrogens (primary N) is 1. The van der Waals surface area contributed by atoms with E-state index in [0.717, 1.165) is 12.1 Å². The lowest BCUT2D eigenvalue weighted by Gasteiger charge is -2.29. The van der Waals surface area contributed by atoms with Gasteiger partial charge in [-0.2, -0.15) is 11.3 Å². The van der Waals surface area contributed by atoms with Crippen molar-refractivity contribution in [3.63, 3.8) is 0 Å². The van der Waals surface area contributed by atoms with Crippen LogP contribution in [0, 0.1) is 0 Å². The summed E-state index contributed by atoms with van der Waals surface area (Å²) in [6.07, 6.45) is 0.846. The molecule has 2 aromatic rings. The minimum atomic E-state index is -0.00694. The summed E-state index contributed by atoms with van der Waals surface area (Å²) in [7, 11) is 0. The van der Waals surface area contributed by atoms with Gasteiger partial charge in [-0.25, -0.2) is 0 Å². The molecule has 0 bridgehead atoms. The number of benzene rings is 1. The molecule has 2 N–H and O–H groups in total. The third-order valence-electron chi connectivity index (χ3n) is 3.13. The van der Waals surface area contributed by atoms with Gasteiger partial charge in [0.25, 0.3) is 5.91 Å². The summed E-state index contributed by atoms with van der Waals surface area (Å²) in [6, 6.07) is 7.48. The highest BCUT2D eigenvalue weighted by molar-refractivity contribution is 7.07. The van der Waals surface area contributed by atoms with E-state index in [0.29, 0.717) is 18.0 Å². The zero-order valence-electron chi connectivity index (χ0n) is 10.3. The number of nitrogens with zero attached hydrogens (tertiary/aromatic N) is 1. The lowest BCUT2D eigenvalue weighted by atomic mass is 10.1. The second-order valence-electron chi connectivity index (χ2n) is 4.44. The van der Waals surface area contributed by atoms with Crippen LogP contribution in [0.4, 0.5) is 11.4 Å². The predicted octanol–water partition coefficient (Wildman–Crippen LogP) is 2.30. The van der Waals surface area contributed by atoms with Gasteiger partial charge in [0.2, 0.25) is 0 Å². The molecule has 19 heavy (non-hydrogen) atoms. The fourth-order valence-electron chi connectivity index (χ4n) is 2.14. The molecule has 1 aromatic heterocycles. The van der Waals surface area contributed by atoms with Crippen molar-refractivity contribution < 1.29 is 9.53 Å². The smallest absolute Gasteiger partial charge is 0.265 e. The highest BCUT2D eigenvalue weighted by Gasteiger charge is 2.25. The van der Waals surface area contributed by atoms with E-state index in [1.165, 1.54) is 5.56 Å². The molecule has 2 heterocycles. The van der Waals surface area contributed by atoms with Gasteiger partial charge in [-0.05, 0) is 40.9 Å². The van der Waals surface area contributed by atoms with Crippen LogP contribution in [-0.4, -0.2) is 19.1 Å². The molecule has 4 nitrogen and oxygen atoms in total. The lowest BCUT2D eigenvalue weighted by molar-refractivity contribution is -0.121. The first-order valence-electron chi connectivity index (χ1n) is 6.08. The third-order valence-corrected chi connectivity index (χ3v) is 3.86. The first-order valence-corrected chi connectivity index (χ1v) is 7.02. The number of hydrogen-bond donors (Lipinski definition) is 1. The van der Waals surface area contributed by atoms with E-state index in [4.69, 9.17) is 10.5 Å². The van der Waals surface area contributed by atoms with Crippen LogP contribution >= 0.6 is 11.3 Å². The van der Waals surface area contributed by atoms with E-state index in [2.05, 4.69) is 11.4 Å². The van der Waals surface area contributed by atoms with Crippen LogP contribution in [0.1, 0.15) is 5.56 Å². The average molecular weight is 274 g/mol. The molecule has 3 rings (SSSR count). The Kier molecular flexibility index (Phi) is 3.13. The molecular weight excluding hydrogens is 260 g/mol. The van der Waals surface area contributed by atoms with Gasteiger partial charge in [-0.15, -0.1) is 0 Å². The number of hydrogen-bond acceptors (Lipinski definition) is 4. The monoisotopic (exact) mass is 274 g/mol. The van der Waals surface area contributed by atoms with Crippen LogP contribution in [0.2, 0.25) is 0 Å². The topological polar surface area (TPSA) is 55.6 Å². The SMILES string of the molecule is Nc1ccc2c(c1)OCC(=O)N2CCc1ccsc1. The van der Waals surface area contributed by atoms with Crippen molar-refractivity contribution in [2.75, 3.05) is 23.8 Å². The highest BCUT2D eigenvalue weighted by atomic mass is 32.1. The summed E-state index contributed by atoms with van der Waals surface area (Å²) < 4.78 is 5.41. The van der Waals surface area contributed by atoms with Gasteiger partial charge in [0, 0.05) is 18.3 Å². The largest absolute Gasteiger partial charge is 0.481 e. The summed E-state index contributed by atoms with van der Waals surface area (Å²) >= 11 is 1.67. The number of carbonyl (C=O) groups is 1. The van der Waals surface area contributed by atoms with E-state index < -0.39 is 0 Å². The lowest BCUT2D eigenvalue weighted by Crippen LogP contribution is -2.40. The van der Waals surface area contributed by atoms with Crippen LogP contribution in [0.3, 0.4) is 0 Å². The molecule has 0 unspecified atom stereocenters. The van der Waals surface area contributed by atoms with Crippen molar-refractivity contribution in [2.24, 2.45) is 0 Å². The number of rotatable bonds is 3. The predicted molar refractivity (Wildman–Crippen MR) is 76.7 cm³/mol. The number of anilines is 2. The molecule has 5 heteroatoms. The molecule has 0 saturated heterocycles. The van der Waals surface area contributed by atoms with Crippen molar-refractivity contribution in [2.45, 2.75) is 6.42 Å². The maximum Gasteiger partial charge on any atom is 0.265 e. The molecule has 1 aliphatic heterocycles. The molecule has 1 amide bonds. The molecule has 0 atom stereocenters. The summed E-state index contributed by atoms with van der Waals surface area (Å²) in [6.45, 7) is 0.746. The van der Waals surface area contributed by atoms with Gasteiger partial charge < -0.3 is 15.4 Å². The zero-order valence-corrected chi connectivity index (χ0v) is 11.2. The fourth-order valence-corrected chi connectivity index (χ4v) is 2.85. The number of carbonyl (C=O) groups excluding carboxylic acids is 1. The number of nitrogen functional groups attached to an aromatic ring is 1. The Bertz CT molecular complexity index is 595. The molecule has 1 aromatic carbocycles. The number of fused-ring (bicyclic) bond motifs is 1. The standard InChI is InChI=1S/C14H14N2O2S/c15-11-1-2-12-13(7-11)18-8-14(17)16(12)5-3-10-4-6-19-9-10/h1-2,4,6-7,9H,3,5,8,15H2. The van der Waals surface area contributed by atoms with E-state index >= 15 is 0 Å². The highest BCUT2D eigenvalue weighted by Crippen LogP contribution is 2.33. The Labute approximate surface area is 115 Å². The van der Waals surface area contributed by atoms with Gasteiger partial charge >= 0.3 is 0 Å². The van der Waals surface area contributed by atoms with Crippen molar-refractivity contribution in [3.05, 3.63) is 40.6 Å². The number of ether oxygens (including phenoxy) is 1. The molecule has 0 fully saturated rings. The van der Waals surface area contributed by atoms with E-state index in [9.17, 15) is 4.79 Å². The third kappa shape index (κ3) is 2.42. The Morgan fingerprint density at radius 3 is 3.05 bits per heavy atom. The van der Waals surface area contributed by atoms with Crippen LogP contribution in [-0.2, 0) is 11.2 Å². The summed E-state index contributed by atoms with van der Waals surface area (Å²) in [5.41, 5.74) is 8.43. The van der Waals surface area contributed by atoms with Crippen molar-refractivity contribution >= 4 is 28.6 Å². The quantitative estimate of drug-likeness (QED) is 0.874. The Hall–Kier alpha value is -2.01. The van der Waals surface area contributed by atoms with Gasteiger partial charge in [-0.3, -0.25) is 4.79 Å². The number of thiophene rings is 1. The molecule has 0 aliphatic carbocycles. The Morgan fingerprint density at radius 1 is 1.37 bits per heavy atom. The second kappa shape index (κ2) is 4.93. The van der Waals surface area contributed by atoms with E-state index in [1.54, 1.807) is 28.4 Å². The molecule has 1 aliphatic rings. The van der Waals surface area contributed by atoms with Crippen molar-refractivity contribution in [1.82, 2.24) is 0 Å². The van der Waals surface area contributed by atoms with Crippen molar-refractivity contribution in [1.29, 1.82) is 0 Å². The molecule has 98 valence electrons. The van der Waals surface area contributed by atoms with Crippen LogP contribution in [0.25, 0.3) is 0 Å². The maximum atomic E-state index is 12.0. The summed E-state index contributed by atoms with van der Waals surface area (Å²) in [5, 5.41) is 4.15. The van der Waals surface area contributed by atoms with E-state index in [1.807, 2.05) is 11.4 Å². The normalized spacial score (nSPS) is 14.1. The minimum absolute atomic E-state index is 0.00694.